The molecule has 28 heavy (non-hydrogen) atoms. The van der Waals surface area contributed by atoms with Crippen molar-refractivity contribution in [1.29, 1.82) is 0 Å². The molecule has 156 valence electrons. The van der Waals surface area contributed by atoms with E-state index in [0.29, 0.717) is 31.8 Å². The lowest BCUT2D eigenvalue weighted by molar-refractivity contribution is -0.140. The van der Waals surface area contributed by atoms with Crippen molar-refractivity contribution < 1.29 is 9.59 Å². The lowest BCUT2D eigenvalue weighted by Crippen LogP contribution is -2.55. The maximum Gasteiger partial charge on any atom is 0.245 e. The van der Waals surface area contributed by atoms with Crippen LogP contribution < -0.4 is 10.2 Å². The Labute approximate surface area is 170 Å². The third-order valence-corrected chi connectivity index (χ3v) is 5.78. The van der Waals surface area contributed by atoms with E-state index in [1.807, 2.05) is 11.8 Å². The van der Waals surface area contributed by atoms with Gasteiger partial charge in [0, 0.05) is 38.3 Å². The van der Waals surface area contributed by atoms with Gasteiger partial charge in [0.2, 0.25) is 11.8 Å². The molecular formula is C23H37N3O2. The summed E-state index contributed by atoms with van der Waals surface area (Å²) in [6.07, 6.45) is 2.87. The molecule has 1 saturated heterocycles. The molecule has 1 fully saturated rings. The van der Waals surface area contributed by atoms with Crippen LogP contribution in [-0.4, -0.2) is 48.4 Å². The quantitative estimate of drug-likeness (QED) is 0.665. The average molecular weight is 388 g/mol. The van der Waals surface area contributed by atoms with Crippen molar-refractivity contribution >= 4 is 17.5 Å². The average Bonchev–Trinajstić information content (AvgIpc) is 2.94. The molecule has 0 spiro atoms. The van der Waals surface area contributed by atoms with Crippen LogP contribution in [0.3, 0.4) is 0 Å². The van der Waals surface area contributed by atoms with Crippen molar-refractivity contribution in [3.8, 4) is 0 Å². The normalized spacial score (nSPS) is 19.4. The zero-order valence-electron chi connectivity index (χ0n) is 18.3. The van der Waals surface area contributed by atoms with Crippen LogP contribution in [0.25, 0.3) is 0 Å². The molecule has 1 unspecified atom stereocenters. The van der Waals surface area contributed by atoms with Crippen LogP contribution in [0.5, 0.6) is 0 Å². The van der Waals surface area contributed by atoms with Gasteiger partial charge in [0.25, 0.3) is 0 Å². The van der Waals surface area contributed by atoms with E-state index in [4.69, 9.17) is 0 Å². The van der Waals surface area contributed by atoms with Gasteiger partial charge in [-0.25, -0.2) is 0 Å². The summed E-state index contributed by atoms with van der Waals surface area (Å²) in [7, 11) is 0. The second kappa shape index (κ2) is 9.94. The smallest absolute Gasteiger partial charge is 0.245 e. The van der Waals surface area contributed by atoms with Crippen LogP contribution in [0.15, 0.2) is 24.3 Å². The van der Waals surface area contributed by atoms with Crippen molar-refractivity contribution in [3.05, 3.63) is 29.8 Å². The Kier molecular flexibility index (Phi) is 7.90. The number of anilines is 1. The van der Waals surface area contributed by atoms with E-state index < -0.39 is 5.54 Å². The molecular weight excluding hydrogens is 350 g/mol. The standard InChI is InChI=1S/C23H37N3O2/c1-6-25(20-10-7-9-19(4)17-20)15-8-16-26-21(27)11-13-23(26,5)22(28)24-14-12-18(2)3/h7,9-10,17-18H,6,8,11-16H2,1-5H3,(H,24,28). The van der Waals surface area contributed by atoms with Crippen LogP contribution >= 0.6 is 0 Å². The lowest BCUT2D eigenvalue weighted by Gasteiger charge is -2.35. The summed E-state index contributed by atoms with van der Waals surface area (Å²) in [5.41, 5.74) is 1.75. The molecule has 1 aliphatic rings. The van der Waals surface area contributed by atoms with Crippen molar-refractivity contribution in [1.82, 2.24) is 10.2 Å². The maximum absolute atomic E-state index is 12.8. The summed E-state index contributed by atoms with van der Waals surface area (Å²) in [6.45, 7) is 13.5. The molecule has 1 atom stereocenters. The van der Waals surface area contributed by atoms with Crippen molar-refractivity contribution in [2.24, 2.45) is 5.92 Å². The molecule has 5 nitrogen and oxygen atoms in total. The number of rotatable bonds is 10. The molecule has 0 saturated carbocycles. The monoisotopic (exact) mass is 387 g/mol. The molecule has 1 aliphatic heterocycles. The van der Waals surface area contributed by atoms with Crippen LogP contribution in [0.1, 0.15) is 58.9 Å². The van der Waals surface area contributed by atoms with Gasteiger partial charge in [0.15, 0.2) is 0 Å². The molecule has 5 heteroatoms. The first-order chi connectivity index (χ1) is 13.3. The van der Waals surface area contributed by atoms with E-state index in [2.05, 4.69) is 62.2 Å². The highest BCUT2D eigenvalue weighted by Gasteiger charge is 2.46. The zero-order valence-corrected chi connectivity index (χ0v) is 18.3. The van der Waals surface area contributed by atoms with E-state index in [1.54, 1.807) is 0 Å². The molecule has 1 aromatic rings. The molecule has 0 aromatic heterocycles. The van der Waals surface area contributed by atoms with Gasteiger partial charge in [0.05, 0.1) is 0 Å². The van der Waals surface area contributed by atoms with Crippen LogP contribution in [0.2, 0.25) is 0 Å². The lowest BCUT2D eigenvalue weighted by atomic mass is 9.97. The summed E-state index contributed by atoms with van der Waals surface area (Å²) in [6, 6.07) is 8.50. The van der Waals surface area contributed by atoms with Crippen LogP contribution in [0, 0.1) is 12.8 Å². The van der Waals surface area contributed by atoms with Gasteiger partial charge < -0.3 is 15.1 Å². The van der Waals surface area contributed by atoms with Crippen molar-refractivity contribution in [2.75, 3.05) is 31.1 Å². The minimum absolute atomic E-state index is 0.00923. The molecule has 1 heterocycles. The third kappa shape index (κ3) is 5.49. The molecule has 0 aliphatic carbocycles. The molecule has 2 amide bonds. The zero-order chi connectivity index (χ0) is 20.7. The summed E-state index contributed by atoms with van der Waals surface area (Å²) in [5, 5.41) is 3.05. The van der Waals surface area contributed by atoms with Crippen molar-refractivity contribution in [2.45, 2.75) is 65.8 Å². The Morgan fingerprint density at radius 3 is 2.75 bits per heavy atom. The number of carbonyl (C=O) groups is 2. The fraction of sp³-hybridized carbons (Fsp3) is 0.652. The van der Waals surface area contributed by atoms with E-state index in [9.17, 15) is 9.59 Å². The molecule has 2 rings (SSSR count). The van der Waals surface area contributed by atoms with E-state index in [0.717, 1.165) is 25.9 Å². The largest absolute Gasteiger partial charge is 0.372 e. The predicted molar refractivity (Wildman–Crippen MR) is 115 cm³/mol. The summed E-state index contributed by atoms with van der Waals surface area (Å²) in [5.74, 6) is 0.640. The number of aryl methyl sites for hydroxylation is 1. The number of hydrogen-bond donors (Lipinski definition) is 1. The molecule has 1 N–H and O–H groups in total. The topological polar surface area (TPSA) is 52.7 Å². The molecule has 0 radical (unpaired) electrons. The summed E-state index contributed by atoms with van der Waals surface area (Å²) >= 11 is 0. The first-order valence-corrected chi connectivity index (χ1v) is 10.7. The molecule has 0 bridgehead atoms. The fourth-order valence-corrected chi connectivity index (χ4v) is 3.88. The van der Waals surface area contributed by atoms with Crippen molar-refractivity contribution in [3.63, 3.8) is 0 Å². The number of likely N-dealkylation sites (tertiary alicyclic amines) is 1. The minimum Gasteiger partial charge on any atom is -0.372 e. The highest BCUT2D eigenvalue weighted by molar-refractivity contribution is 5.94. The van der Waals surface area contributed by atoms with Gasteiger partial charge in [-0.05, 0) is 63.6 Å². The maximum atomic E-state index is 12.8. The van der Waals surface area contributed by atoms with E-state index >= 15 is 0 Å². The Bertz CT molecular complexity index is 674. The Morgan fingerprint density at radius 1 is 1.36 bits per heavy atom. The Morgan fingerprint density at radius 2 is 2.11 bits per heavy atom. The van der Waals surface area contributed by atoms with Gasteiger partial charge in [-0.2, -0.15) is 0 Å². The SMILES string of the molecule is CCN(CCCN1C(=O)CCC1(C)C(=O)NCCC(C)C)c1cccc(C)c1. The van der Waals surface area contributed by atoms with Gasteiger partial charge >= 0.3 is 0 Å². The van der Waals surface area contributed by atoms with Gasteiger partial charge in [-0.15, -0.1) is 0 Å². The number of nitrogens with zero attached hydrogens (tertiary/aromatic N) is 2. The van der Waals surface area contributed by atoms with E-state index in [1.165, 1.54) is 11.3 Å². The predicted octanol–water partition coefficient (Wildman–Crippen LogP) is 3.75. The number of carbonyl (C=O) groups excluding carboxylic acids is 2. The molecule has 1 aromatic carbocycles. The second-order valence-corrected chi connectivity index (χ2v) is 8.53. The Hall–Kier alpha value is -2.04. The van der Waals surface area contributed by atoms with Gasteiger partial charge in [-0.3, -0.25) is 9.59 Å². The van der Waals surface area contributed by atoms with E-state index in [-0.39, 0.29) is 11.8 Å². The number of benzene rings is 1. The highest BCUT2D eigenvalue weighted by Crippen LogP contribution is 2.30. The number of hydrogen-bond acceptors (Lipinski definition) is 3. The van der Waals surface area contributed by atoms with Gasteiger partial charge in [-0.1, -0.05) is 26.0 Å². The van der Waals surface area contributed by atoms with Crippen LogP contribution in [0.4, 0.5) is 5.69 Å². The second-order valence-electron chi connectivity index (χ2n) is 8.53. The highest BCUT2D eigenvalue weighted by atomic mass is 16.2. The Balaban J connectivity index is 1.94. The number of amides is 2. The number of nitrogens with one attached hydrogen (secondary N) is 1. The summed E-state index contributed by atoms with van der Waals surface area (Å²) in [4.78, 5) is 29.4. The van der Waals surface area contributed by atoms with Gasteiger partial charge in [0.1, 0.15) is 5.54 Å². The summed E-state index contributed by atoms with van der Waals surface area (Å²) < 4.78 is 0. The fourth-order valence-electron chi connectivity index (χ4n) is 3.88. The minimum atomic E-state index is -0.714. The first-order valence-electron chi connectivity index (χ1n) is 10.7. The van der Waals surface area contributed by atoms with Crippen LogP contribution in [-0.2, 0) is 9.59 Å². The third-order valence-electron chi connectivity index (χ3n) is 5.78. The first kappa shape index (κ1) is 22.3.